The Balaban J connectivity index is 1.74. The summed E-state index contributed by atoms with van der Waals surface area (Å²) in [6, 6.07) is 9.92. The highest BCUT2D eigenvalue weighted by atomic mass is 32.2. The Bertz CT molecular complexity index is 770. The molecule has 0 bridgehead atoms. The Kier molecular flexibility index (Phi) is 5.29. The largest absolute Gasteiger partial charge is 0.490 e. The number of ether oxygens (including phenoxy) is 1. The second-order valence-electron chi connectivity index (χ2n) is 5.54. The third-order valence-electron chi connectivity index (χ3n) is 3.83. The van der Waals surface area contributed by atoms with Gasteiger partial charge in [-0.25, -0.2) is 4.21 Å². The van der Waals surface area contributed by atoms with E-state index in [9.17, 15) is 9.00 Å². The standard InChI is InChI=1S/C16H19N3O4S/c20-16-11-15(23-14-5-8-17-9-6-14)7-10-19(16)13-3-1-12(2-4-13)18-24(21)22/h1-4,7,10-11,14,17-18H,5-6,8-9H2,(H,21,22). The highest BCUT2D eigenvalue weighted by Crippen LogP contribution is 2.17. The van der Waals surface area contributed by atoms with Gasteiger partial charge in [-0.3, -0.25) is 18.6 Å². The van der Waals surface area contributed by atoms with E-state index >= 15 is 0 Å². The third-order valence-corrected chi connectivity index (χ3v) is 4.24. The molecule has 128 valence electrons. The molecule has 0 amide bonds. The van der Waals surface area contributed by atoms with Gasteiger partial charge in [-0.2, -0.15) is 0 Å². The van der Waals surface area contributed by atoms with E-state index in [-0.39, 0.29) is 11.7 Å². The minimum absolute atomic E-state index is 0.145. The molecule has 1 saturated heterocycles. The summed E-state index contributed by atoms with van der Waals surface area (Å²) >= 11 is -2.12. The van der Waals surface area contributed by atoms with Gasteiger partial charge in [0.2, 0.25) is 0 Å². The number of rotatable bonds is 5. The van der Waals surface area contributed by atoms with E-state index in [0.29, 0.717) is 17.1 Å². The van der Waals surface area contributed by atoms with E-state index in [1.165, 1.54) is 10.6 Å². The lowest BCUT2D eigenvalue weighted by atomic mass is 10.1. The van der Waals surface area contributed by atoms with Crippen molar-refractivity contribution in [1.82, 2.24) is 9.88 Å². The molecule has 0 saturated carbocycles. The predicted octanol–water partition coefficient (Wildman–Crippen LogP) is 1.52. The number of nitrogens with zero attached hydrogens (tertiary/aromatic N) is 1. The summed E-state index contributed by atoms with van der Waals surface area (Å²) in [7, 11) is 0. The zero-order valence-corrected chi connectivity index (χ0v) is 13.8. The molecular weight excluding hydrogens is 330 g/mol. The summed E-state index contributed by atoms with van der Waals surface area (Å²) in [4.78, 5) is 12.3. The second kappa shape index (κ2) is 7.61. The molecule has 2 aromatic rings. The Hall–Kier alpha value is -2.16. The first-order chi connectivity index (χ1) is 11.6. The Morgan fingerprint density at radius 1 is 1.21 bits per heavy atom. The lowest BCUT2D eigenvalue weighted by Gasteiger charge is -2.23. The molecule has 2 heterocycles. The van der Waals surface area contributed by atoms with Gasteiger partial charge in [0.05, 0.1) is 0 Å². The lowest BCUT2D eigenvalue weighted by molar-refractivity contribution is 0.162. The minimum Gasteiger partial charge on any atom is -0.490 e. The highest BCUT2D eigenvalue weighted by molar-refractivity contribution is 7.80. The maximum Gasteiger partial charge on any atom is 0.259 e. The van der Waals surface area contributed by atoms with Gasteiger partial charge in [0.15, 0.2) is 0 Å². The second-order valence-corrected chi connectivity index (χ2v) is 6.24. The fourth-order valence-electron chi connectivity index (χ4n) is 2.64. The first kappa shape index (κ1) is 16.7. The van der Waals surface area contributed by atoms with E-state index in [1.54, 1.807) is 36.5 Å². The van der Waals surface area contributed by atoms with Gasteiger partial charge in [0.1, 0.15) is 11.9 Å². The van der Waals surface area contributed by atoms with Gasteiger partial charge in [-0.15, -0.1) is 0 Å². The monoisotopic (exact) mass is 349 g/mol. The summed E-state index contributed by atoms with van der Waals surface area (Å²) < 4.78 is 29.2. The fraction of sp³-hybridized carbons (Fsp3) is 0.312. The zero-order valence-electron chi connectivity index (χ0n) is 13.0. The Labute approximate surface area is 142 Å². The van der Waals surface area contributed by atoms with E-state index in [2.05, 4.69) is 10.0 Å². The smallest absolute Gasteiger partial charge is 0.259 e. The number of hydrogen-bond acceptors (Lipinski definition) is 4. The molecule has 1 aromatic heterocycles. The van der Waals surface area contributed by atoms with Crippen LogP contribution < -0.4 is 20.3 Å². The molecule has 1 aliphatic heterocycles. The number of hydrogen-bond donors (Lipinski definition) is 3. The van der Waals surface area contributed by atoms with Crippen LogP contribution in [0.15, 0.2) is 47.4 Å². The van der Waals surface area contributed by atoms with Gasteiger partial charge in [-0.1, -0.05) is 0 Å². The van der Waals surface area contributed by atoms with Gasteiger partial charge >= 0.3 is 0 Å². The number of aromatic nitrogens is 1. The van der Waals surface area contributed by atoms with Crippen molar-refractivity contribution in [2.24, 2.45) is 0 Å². The van der Waals surface area contributed by atoms with Crippen LogP contribution in [0.1, 0.15) is 12.8 Å². The van der Waals surface area contributed by atoms with Crippen molar-refractivity contribution in [2.75, 3.05) is 17.8 Å². The molecule has 0 radical (unpaired) electrons. The lowest BCUT2D eigenvalue weighted by Crippen LogP contribution is -2.34. The van der Waals surface area contributed by atoms with Crippen molar-refractivity contribution in [3.63, 3.8) is 0 Å². The van der Waals surface area contributed by atoms with Crippen LogP contribution in [0.4, 0.5) is 5.69 Å². The highest BCUT2D eigenvalue weighted by Gasteiger charge is 2.14. The maximum atomic E-state index is 12.3. The molecule has 1 unspecified atom stereocenters. The number of piperidine rings is 1. The molecule has 1 fully saturated rings. The SMILES string of the molecule is O=c1cc(OC2CCNCC2)ccn1-c1ccc(NS(=O)O)cc1. The van der Waals surface area contributed by atoms with Crippen molar-refractivity contribution < 1.29 is 13.5 Å². The summed E-state index contributed by atoms with van der Waals surface area (Å²) in [6.45, 7) is 1.86. The molecule has 1 aromatic carbocycles. The van der Waals surface area contributed by atoms with Crippen LogP contribution in [-0.2, 0) is 11.3 Å². The van der Waals surface area contributed by atoms with Gasteiger partial charge in [0, 0.05) is 23.6 Å². The number of anilines is 1. The van der Waals surface area contributed by atoms with Gasteiger partial charge < -0.3 is 10.1 Å². The minimum atomic E-state index is -2.12. The van der Waals surface area contributed by atoms with Gasteiger partial charge in [-0.05, 0) is 56.3 Å². The van der Waals surface area contributed by atoms with E-state index < -0.39 is 11.3 Å². The van der Waals surface area contributed by atoms with Crippen LogP contribution in [-0.4, -0.2) is 32.5 Å². The van der Waals surface area contributed by atoms with Crippen LogP contribution in [0, 0.1) is 0 Å². The molecule has 3 rings (SSSR count). The molecule has 0 aliphatic carbocycles. The quantitative estimate of drug-likeness (QED) is 0.712. The van der Waals surface area contributed by atoms with E-state index in [0.717, 1.165) is 25.9 Å². The van der Waals surface area contributed by atoms with E-state index in [4.69, 9.17) is 9.29 Å². The normalized spacial score (nSPS) is 16.5. The van der Waals surface area contributed by atoms with Crippen LogP contribution >= 0.6 is 0 Å². The average Bonchev–Trinajstić information content (AvgIpc) is 2.56. The Morgan fingerprint density at radius 3 is 2.54 bits per heavy atom. The van der Waals surface area contributed by atoms with Crippen molar-refractivity contribution in [3.05, 3.63) is 52.9 Å². The average molecular weight is 349 g/mol. The molecule has 7 nitrogen and oxygen atoms in total. The van der Waals surface area contributed by atoms with Gasteiger partial charge in [0.25, 0.3) is 16.8 Å². The molecule has 3 N–H and O–H groups in total. The first-order valence-electron chi connectivity index (χ1n) is 7.70. The van der Waals surface area contributed by atoms with E-state index in [1.807, 2.05) is 0 Å². The number of nitrogens with one attached hydrogen (secondary N) is 2. The molecule has 0 spiro atoms. The summed E-state index contributed by atoms with van der Waals surface area (Å²) in [6.07, 6.45) is 3.69. The van der Waals surface area contributed by atoms with Crippen molar-refractivity contribution in [1.29, 1.82) is 0 Å². The summed E-state index contributed by atoms with van der Waals surface area (Å²) in [5, 5.41) is 3.27. The zero-order chi connectivity index (χ0) is 16.9. The van der Waals surface area contributed by atoms with Crippen LogP contribution in [0.5, 0.6) is 5.75 Å². The first-order valence-corrected chi connectivity index (χ1v) is 8.80. The summed E-state index contributed by atoms with van der Waals surface area (Å²) in [5.41, 5.74) is 0.981. The molecule has 1 aliphatic rings. The molecule has 1 atom stereocenters. The number of pyridine rings is 1. The fourth-order valence-corrected chi connectivity index (χ4v) is 2.98. The van der Waals surface area contributed by atoms with Crippen LogP contribution in [0.25, 0.3) is 5.69 Å². The van der Waals surface area contributed by atoms with Crippen LogP contribution in [0.2, 0.25) is 0 Å². The Morgan fingerprint density at radius 2 is 1.92 bits per heavy atom. The molecule has 24 heavy (non-hydrogen) atoms. The summed E-state index contributed by atoms with van der Waals surface area (Å²) in [5.74, 6) is 0.581. The van der Waals surface area contributed by atoms with Crippen LogP contribution in [0.3, 0.4) is 0 Å². The maximum absolute atomic E-state index is 12.3. The third kappa shape index (κ3) is 4.22. The van der Waals surface area contributed by atoms with Crippen molar-refractivity contribution >= 4 is 17.0 Å². The van der Waals surface area contributed by atoms with Crippen molar-refractivity contribution in [2.45, 2.75) is 18.9 Å². The topological polar surface area (TPSA) is 92.6 Å². The van der Waals surface area contributed by atoms with Crippen molar-refractivity contribution in [3.8, 4) is 11.4 Å². The number of benzene rings is 1. The molecule has 8 heteroatoms. The molecular formula is C16H19N3O4S. The predicted molar refractivity (Wildman–Crippen MR) is 93.0 cm³/mol.